The SMILES string of the molecule is CCOc1c(C(=O)O)cnn1-c1cccc(C2=CCCC(C)=C2OCc2ccc3c(c2C)CCN([C@H]2CCCOC2)C3)n1. The zero-order valence-corrected chi connectivity index (χ0v) is 25.3. The molecule has 9 nitrogen and oxygen atoms in total. The van der Waals surface area contributed by atoms with Gasteiger partial charge in [0.05, 0.1) is 25.1 Å². The summed E-state index contributed by atoms with van der Waals surface area (Å²) in [4.78, 5) is 19.2. The van der Waals surface area contributed by atoms with Crippen LogP contribution in [0.3, 0.4) is 0 Å². The number of rotatable bonds is 9. The molecule has 1 saturated heterocycles. The van der Waals surface area contributed by atoms with Crippen molar-refractivity contribution in [2.75, 3.05) is 26.4 Å². The van der Waals surface area contributed by atoms with Crippen molar-refractivity contribution in [3.05, 3.63) is 87.4 Å². The number of ether oxygens (including phenoxy) is 3. The summed E-state index contributed by atoms with van der Waals surface area (Å²) >= 11 is 0. The van der Waals surface area contributed by atoms with Crippen LogP contribution in [0, 0.1) is 6.92 Å². The van der Waals surface area contributed by atoms with Crippen molar-refractivity contribution in [3.63, 3.8) is 0 Å². The van der Waals surface area contributed by atoms with Gasteiger partial charge >= 0.3 is 5.97 Å². The lowest BCUT2D eigenvalue weighted by atomic mass is 9.90. The first-order valence-electron chi connectivity index (χ1n) is 15.3. The third-order valence-electron chi connectivity index (χ3n) is 8.82. The molecule has 1 fully saturated rings. The second-order valence-corrected chi connectivity index (χ2v) is 11.5. The van der Waals surface area contributed by atoms with Gasteiger partial charge in [0.2, 0.25) is 5.88 Å². The monoisotopic (exact) mass is 584 g/mol. The van der Waals surface area contributed by atoms with E-state index < -0.39 is 5.97 Å². The predicted molar refractivity (Wildman–Crippen MR) is 163 cm³/mol. The molecule has 1 atom stereocenters. The molecule has 3 aliphatic rings. The largest absolute Gasteiger partial charge is 0.488 e. The lowest BCUT2D eigenvalue weighted by Gasteiger charge is -2.38. The lowest BCUT2D eigenvalue weighted by Crippen LogP contribution is -2.44. The molecule has 1 N–H and O–H groups in total. The van der Waals surface area contributed by atoms with Crippen LogP contribution in [-0.2, 0) is 29.0 Å². The van der Waals surface area contributed by atoms with Crippen LogP contribution < -0.4 is 4.74 Å². The maximum absolute atomic E-state index is 11.7. The zero-order valence-electron chi connectivity index (χ0n) is 25.3. The summed E-state index contributed by atoms with van der Waals surface area (Å²) in [6.07, 6.45) is 8.72. The van der Waals surface area contributed by atoms with E-state index in [1.165, 1.54) is 45.1 Å². The fourth-order valence-corrected chi connectivity index (χ4v) is 6.45. The van der Waals surface area contributed by atoms with Crippen LogP contribution in [0.5, 0.6) is 5.88 Å². The Balaban J connectivity index is 1.21. The molecule has 1 aromatic carbocycles. The molecule has 0 amide bonds. The van der Waals surface area contributed by atoms with Crippen molar-refractivity contribution in [2.24, 2.45) is 0 Å². The minimum atomic E-state index is -1.09. The molecule has 6 rings (SSSR count). The van der Waals surface area contributed by atoms with Crippen LogP contribution in [0.4, 0.5) is 0 Å². The molecule has 2 aliphatic heterocycles. The zero-order chi connectivity index (χ0) is 29.9. The summed E-state index contributed by atoms with van der Waals surface area (Å²) in [5.74, 6) is 0.409. The van der Waals surface area contributed by atoms with E-state index in [1.807, 2.05) is 19.1 Å². The Morgan fingerprint density at radius 3 is 2.84 bits per heavy atom. The second-order valence-electron chi connectivity index (χ2n) is 11.5. The maximum Gasteiger partial charge on any atom is 0.342 e. The van der Waals surface area contributed by atoms with Gasteiger partial charge in [0, 0.05) is 31.3 Å². The summed E-state index contributed by atoms with van der Waals surface area (Å²) in [7, 11) is 0. The smallest absolute Gasteiger partial charge is 0.342 e. The Kier molecular flexibility index (Phi) is 8.63. The predicted octanol–water partition coefficient (Wildman–Crippen LogP) is 5.88. The number of allylic oxidation sites excluding steroid dienone is 3. The van der Waals surface area contributed by atoms with Crippen LogP contribution in [0.1, 0.15) is 77.8 Å². The van der Waals surface area contributed by atoms with Crippen LogP contribution in [0.25, 0.3) is 11.4 Å². The Labute approximate surface area is 252 Å². The van der Waals surface area contributed by atoms with Crippen LogP contribution in [0.15, 0.2) is 53.9 Å². The highest BCUT2D eigenvalue weighted by Crippen LogP contribution is 2.35. The molecule has 0 saturated carbocycles. The van der Waals surface area contributed by atoms with Gasteiger partial charge in [0.1, 0.15) is 17.9 Å². The quantitative estimate of drug-likeness (QED) is 0.333. The fraction of sp³-hybridized carbons (Fsp3) is 0.441. The molecular formula is C34H40N4O5. The van der Waals surface area contributed by atoms with Crippen molar-refractivity contribution < 1.29 is 24.1 Å². The van der Waals surface area contributed by atoms with E-state index in [-0.39, 0.29) is 11.4 Å². The van der Waals surface area contributed by atoms with E-state index in [1.54, 1.807) is 6.07 Å². The highest BCUT2D eigenvalue weighted by atomic mass is 16.5. The molecule has 9 heteroatoms. The van der Waals surface area contributed by atoms with Crippen LogP contribution >= 0.6 is 0 Å². The first-order valence-corrected chi connectivity index (χ1v) is 15.3. The number of carboxylic acids is 1. The maximum atomic E-state index is 11.7. The van der Waals surface area contributed by atoms with Crippen molar-refractivity contribution in [1.29, 1.82) is 0 Å². The molecule has 0 spiro atoms. The number of pyridine rings is 1. The normalized spacial score (nSPS) is 19.1. The molecule has 1 aliphatic carbocycles. The molecule has 0 bridgehead atoms. The van der Waals surface area contributed by atoms with Gasteiger partial charge in [-0.15, -0.1) is 0 Å². The molecular weight excluding hydrogens is 544 g/mol. The number of aromatic nitrogens is 3. The first kappa shape index (κ1) is 29.1. The standard InChI is InChI=1S/C34H40N4O5/c1-4-42-33-29(34(39)40)18-35-38(33)31-12-6-11-30(36-31)28-10-5-8-22(2)32(28)43-20-25-14-13-24-19-37(16-15-27(24)23(25)3)26-9-7-17-41-21-26/h6,10-14,18,26H,4-5,7-9,15-17,19-21H2,1-3H3,(H,39,40)/t26-/m0/s1. The summed E-state index contributed by atoms with van der Waals surface area (Å²) < 4.78 is 19.4. The Morgan fingerprint density at radius 1 is 1.16 bits per heavy atom. The van der Waals surface area contributed by atoms with Gasteiger partial charge in [-0.2, -0.15) is 9.78 Å². The number of aromatic carboxylic acids is 1. The Bertz CT molecular complexity index is 1570. The van der Waals surface area contributed by atoms with E-state index in [9.17, 15) is 9.90 Å². The average Bonchev–Trinajstić information content (AvgIpc) is 3.46. The molecule has 226 valence electrons. The highest BCUT2D eigenvalue weighted by Gasteiger charge is 2.27. The highest BCUT2D eigenvalue weighted by molar-refractivity contribution is 5.90. The summed E-state index contributed by atoms with van der Waals surface area (Å²) in [6.45, 7) is 10.8. The van der Waals surface area contributed by atoms with Crippen molar-refractivity contribution in [2.45, 2.75) is 72.1 Å². The second kappa shape index (κ2) is 12.7. The van der Waals surface area contributed by atoms with E-state index in [4.69, 9.17) is 19.2 Å². The van der Waals surface area contributed by atoms with Crippen molar-refractivity contribution >= 4 is 11.5 Å². The van der Waals surface area contributed by atoms with E-state index in [0.717, 1.165) is 69.0 Å². The van der Waals surface area contributed by atoms with E-state index >= 15 is 0 Å². The third kappa shape index (κ3) is 5.96. The van der Waals surface area contributed by atoms with Gasteiger partial charge in [-0.25, -0.2) is 9.78 Å². The number of fused-ring (bicyclic) bond motifs is 1. The van der Waals surface area contributed by atoms with Crippen molar-refractivity contribution in [3.8, 4) is 11.7 Å². The number of carboxylic acid groups (broad SMARTS) is 1. The topological polar surface area (TPSA) is 98.9 Å². The first-order chi connectivity index (χ1) is 20.9. The van der Waals surface area contributed by atoms with Gasteiger partial charge in [-0.05, 0) is 92.8 Å². The third-order valence-corrected chi connectivity index (χ3v) is 8.82. The van der Waals surface area contributed by atoms with Gasteiger partial charge in [-0.1, -0.05) is 24.3 Å². The summed E-state index contributed by atoms with van der Waals surface area (Å²) in [5, 5.41) is 13.9. The molecule has 2 aromatic heterocycles. The number of hydrogen-bond donors (Lipinski definition) is 1. The van der Waals surface area contributed by atoms with Gasteiger partial charge < -0.3 is 19.3 Å². The molecule has 3 aromatic rings. The summed E-state index contributed by atoms with van der Waals surface area (Å²) in [6, 6.07) is 10.7. The minimum Gasteiger partial charge on any atom is -0.488 e. The van der Waals surface area contributed by atoms with Crippen LogP contribution in [0.2, 0.25) is 0 Å². The number of nitrogens with zero attached hydrogens (tertiary/aromatic N) is 4. The number of benzene rings is 1. The van der Waals surface area contributed by atoms with Gasteiger partial charge in [-0.3, -0.25) is 4.90 Å². The average molecular weight is 585 g/mol. The van der Waals surface area contributed by atoms with Gasteiger partial charge in [0.25, 0.3) is 0 Å². The fourth-order valence-electron chi connectivity index (χ4n) is 6.45. The number of carbonyl (C=O) groups is 1. The van der Waals surface area contributed by atoms with Gasteiger partial charge in [0.15, 0.2) is 5.82 Å². The molecule has 4 heterocycles. The lowest BCUT2D eigenvalue weighted by molar-refractivity contribution is 0.0125. The number of hydrogen-bond acceptors (Lipinski definition) is 7. The van der Waals surface area contributed by atoms with E-state index in [0.29, 0.717) is 25.1 Å². The minimum absolute atomic E-state index is 0.00169. The Morgan fingerprint density at radius 2 is 2.05 bits per heavy atom. The van der Waals surface area contributed by atoms with Crippen LogP contribution in [-0.4, -0.2) is 63.1 Å². The Hall–Kier alpha value is -3.95. The van der Waals surface area contributed by atoms with Crippen molar-refractivity contribution in [1.82, 2.24) is 19.7 Å². The summed E-state index contributed by atoms with van der Waals surface area (Å²) in [5.41, 5.74) is 8.29. The van der Waals surface area contributed by atoms with E-state index in [2.05, 4.69) is 42.1 Å². The molecule has 43 heavy (non-hydrogen) atoms. The molecule has 0 radical (unpaired) electrons. The molecule has 0 unspecified atom stereocenters.